The topological polar surface area (TPSA) is 41.6 Å². The molecule has 6 heteroatoms. The summed E-state index contributed by atoms with van der Waals surface area (Å²) in [5, 5.41) is 2.80. The van der Waals surface area contributed by atoms with Crippen LogP contribution in [0.4, 0.5) is 10.1 Å². The molecule has 0 aromatic heterocycles. The quantitative estimate of drug-likeness (QED) is 0.911. The average molecular weight is 273 g/mol. The normalized spacial score (nSPS) is 15.6. The van der Waals surface area contributed by atoms with Crippen LogP contribution in [0.2, 0.25) is 5.02 Å². The summed E-state index contributed by atoms with van der Waals surface area (Å²) < 4.78 is 18.7. The minimum atomic E-state index is -0.533. The summed E-state index contributed by atoms with van der Waals surface area (Å²) in [7, 11) is 0. The van der Waals surface area contributed by atoms with Crippen LogP contribution in [0.3, 0.4) is 0 Å². The van der Waals surface area contributed by atoms with E-state index in [-0.39, 0.29) is 23.2 Å². The molecule has 0 spiro atoms. The number of carbonyl (C=O) groups is 1. The maximum absolute atomic E-state index is 13.6. The lowest BCUT2D eigenvalue weighted by molar-refractivity contribution is -0.133. The summed E-state index contributed by atoms with van der Waals surface area (Å²) in [6.07, 6.45) is 0. The highest BCUT2D eigenvalue weighted by atomic mass is 35.5. The monoisotopic (exact) mass is 272 g/mol. The minimum Gasteiger partial charge on any atom is -0.378 e. The number of nitrogens with one attached hydrogen (secondary N) is 1. The molecule has 0 radical (unpaired) electrons. The van der Waals surface area contributed by atoms with Crippen molar-refractivity contribution in [2.75, 3.05) is 38.2 Å². The lowest BCUT2D eigenvalue weighted by Crippen LogP contribution is -2.43. The molecule has 4 nitrogen and oxygen atoms in total. The third-order valence-electron chi connectivity index (χ3n) is 2.75. The number of ether oxygens (including phenoxy) is 1. The molecule has 1 fully saturated rings. The van der Waals surface area contributed by atoms with Crippen LogP contribution in [0.15, 0.2) is 18.2 Å². The van der Waals surface area contributed by atoms with Gasteiger partial charge < -0.3 is 15.0 Å². The zero-order valence-corrected chi connectivity index (χ0v) is 10.5. The molecule has 2 rings (SSSR count). The minimum absolute atomic E-state index is 0.0406. The number of amides is 1. The molecule has 1 aromatic carbocycles. The van der Waals surface area contributed by atoms with Crippen molar-refractivity contribution in [1.82, 2.24) is 4.90 Å². The molecule has 1 amide bonds. The third kappa shape index (κ3) is 3.11. The van der Waals surface area contributed by atoms with Crippen molar-refractivity contribution in [3.63, 3.8) is 0 Å². The molecular formula is C12H14ClFN2O2. The van der Waals surface area contributed by atoms with Crippen molar-refractivity contribution < 1.29 is 13.9 Å². The number of morpholine rings is 1. The second kappa shape index (κ2) is 6.02. The van der Waals surface area contributed by atoms with Gasteiger partial charge in [0.05, 0.1) is 30.5 Å². The summed E-state index contributed by atoms with van der Waals surface area (Å²) >= 11 is 5.65. The SMILES string of the molecule is O=C(CNc1cccc(Cl)c1F)N1CCOCC1. The summed E-state index contributed by atoms with van der Waals surface area (Å²) in [5.74, 6) is -0.605. The third-order valence-corrected chi connectivity index (χ3v) is 3.04. The van der Waals surface area contributed by atoms with Gasteiger partial charge in [-0.3, -0.25) is 4.79 Å². The van der Waals surface area contributed by atoms with E-state index < -0.39 is 5.82 Å². The van der Waals surface area contributed by atoms with Gasteiger partial charge in [-0.25, -0.2) is 4.39 Å². The van der Waals surface area contributed by atoms with Crippen molar-refractivity contribution in [2.45, 2.75) is 0 Å². The molecule has 1 saturated heterocycles. The maximum Gasteiger partial charge on any atom is 0.242 e. The molecule has 1 N–H and O–H groups in total. The highest BCUT2D eigenvalue weighted by Gasteiger charge is 2.16. The Bertz CT molecular complexity index is 436. The van der Waals surface area contributed by atoms with Crippen LogP contribution < -0.4 is 5.32 Å². The van der Waals surface area contributed by atoms with Gasteiger partial charge in [-0.05, 0) is 12.1 Å². The molecule has 1 aromatic rings. The average Bonchev–Trinajstić information content (AvgIpc) is 2.41. The number of carbonyl (C=O) groups excluding carboxylic acids is 1. The van der Waals surface area contributed by atoms with Gasteiger partial charge in [0.25, 0.3) is 0 Å². The van der Waals surface area contributed by atoms with Crippen molar-refractivity contribution in [2.24, 2.45) is 0 Å². The van der Waals surface area contributed by atoms with E-state index in [4.69, 9.17) is 16.3 Å². The Labute approximate surface area is 110 Å². The Morgan fingerprint density at radius 1 is 1.44 bits per heavy atom. The summed E-state index contributed by atoms with van der Waals surface area (Å²) in [4.78, 5) is 13.5. The number of hydrogen-bond acceptors (Lipinski definition) is 3. The fraction of sp³-hybridized carbons (Fsp3) is 0.417. The molecule has 98 valence electrons. The molecule has 1 heterocycles. The lowest BCUT2D eigenvalue weighted by Gasteiger charge is -2.27. The van der Waals surface area contributed by atoms with Gasteiger partial charge >= 0.3 is 0 Å². The smallest absolute Gasteiger partial charge is 0.242 e. The van der Waals surface area contributed by atoms with Gasteiger partial charge in [-0.1, -0.05) is 17.7 Å². The first kappa shape index (κ1) is 13.1. The predicted octanol–water partition coefficient (Wildman–Crippen LogP) is 1.75. The zero-order valence-electron chi connectivity index (χ0n) is 9.79. The standard InChI is InChI=1S/C12H14ClFN2O2/c13-9-2-1-3-10(12(9)14)15-8-11(17)16-4-6-18-7-5-16/h1-3,15H,4-8H2. The van der Waals surface area contributed by atoms with Crippen molar-refractivity contribution in [3.8, 4) is 0 Å². The van der Waals surface area contributed by atoms with E-state index in [1.54, 1.807) is 17.0 Å². The van der Waals surface area contributed by atoms with Crippen LogP contribution >= 0.6 is 11.6 Å². The second-order valence-electron chi connectivity index (χ2n) is 3.95. The second-order valence-corrected chi connectivity index (χ2v) is 4.36. The van der Waals surface area contributed by atoms with Gasteiger partial charge in [0.1, 0.15) is 0 Å². The largest absolute Gasteiger partial charge is 0.378 e. The van der Waals surface area contributed by atoms with E-state index in [0.717, 1.165) is 0 Å². The molecular weight excluding hydrogens is 259 g/mol. The predicted molar refractivity (Wildman–Crippen MR) is 67.3 cm³/mol. The first-order valence-corrected chi connectivity index (χ1v) is 6.09. The van der Waals surface area contributed by atoms with Crippen molar-refractivity contribution >= 4 is 23.2 Å². The number of rotatable bonds is 3. The molecule has 18 heavy (non-hydrogen) atoms. The number of hydrogen-bond donors (Lipinski definition) is 1. The number of halogens is 2. The van der Waals surface area contributed by atoms with Crippen LogP contribution in [-0.2, 0) is 9.53 Å². The van der Waals surface area contributed by atoms with Crippen LogP contribution in [-0.4, -0.2) is 43.7 Å². The van der Waals surface area contributed by atoms with Crippen molar-refractivity contribution in [1.29, 1.82) is 0 Å². The summed E-state index contributed by atoms with van der Waals surface area (Å²) in [6.45, 7) is 2.32. The fourth-order valence-electron chi connectivity index (χ4n) is 1.74. The van der Waals surface area contributed by atoms with Crippen molar-refractivity contribution in [3.05, 3.63) is 29.0 Å². The van der Waals surface area contributed by atoms with E-state index >= 15 is 0 Å². The first-order chi connectivity index (χ1) is 8.68. The van der Waals surface area contributed by atoms with Gasteiger partial charge in [0, 0.05) is 13.1 Å². The number of nitrogens with zero attached hydrogens (tertiary/aromatic N) is 1. The van der Waals surface area contributed by atoms with Crippen LogP contribution in [0, 0.1) is 5.82 Å². The van der Waals surface area contributed by atoms with E-state index in [2.05, 4.69) is 5.32 Å². The Balaban J connectivity index is 1.90. The Morgan fingerprint density at radius 3 is 2.89 bits per heavy atom. The van der Waals surface area contributed by atoms with Crippen LogP contribution in [0.1, 0.15) is 0 Å². The molecule has 0 atom stereocenters. The van der Waals surface area contributed by atoms with Crippen LogP contribution in [0.25, 0.3) is 0 Å². The highest BCUT2D eigenvalue weighted by molar-refractivity contribution is 6.31. The van der Waals surface area contributed by atoms with E-state index in [1.165, 1.54) is 6.07 Å². The fourth-order valence-corrected chi connectivity index (χ4v) is 1.91. The zero-order chi connectivity index (χ0) is 13.0. The molecule has 1 aliphatic heterocycles. The van der Waals surface area contributed by atoms with Gasteiger partial charge in [-0.2, -0.15) is 0 Å². The molecule has 1 aliphatic rings. The van der Waals surface area contributed by atoms with E-state index in [0.29, 0.717) is 26.3 Å². The maximum atomic E-state index is 13.6. The highest BCUT2D eigenvalue weighted by Crippen LogP contribution is 2.21. The number of anilines is 1. The van der Waals surface area contributed by atoms with E-state index in [9.17, 15) is 9.18 Å². The van der Waals surface area contributed by atoms with E-state index in [1.807, 2.05) is 0 Å². The summed E-state index contributed by atoms with van der Waals surface area (Å²) in [5.41, 5.74) is 0.240. The van der Waals surface area contributed by atoms with Crippen LogP contribution in [0.5, 0.6) is 0 Å². The molecule has 0 saturated carbocycles. The van der Waals surface area contributed by atoms with Gasteiger partial charge in [0.2, 0.25) is 5.91 Å². The Hall–Kier alpha value is -1.33. The first-order valence-electron chi connectivity index (χ1n) is 5.72. The Kier molecular flexibility index (Phi) is 4.38. The van der Waals surface area contributed by atoms with Gasteiger partial charge in [0.15, 0.2) is 5.82 Å². The Morgan fingerprint density at radius 2 is 2.17 bits per heavy atom. The van der Waals surface area contributed by atoms with Gasteiger partial charge in [-0.15, -0.1) is 0 Å². The number of benzene rings is 1. The molecule has 0 aliphatic carbocycles. The lowest BCUT2D eigenvalue weighted by atomic mass is 10.3. The molecule has 0 bridgehead atoms. The molecule has 0 unspecified atom stereocenters. The summed E-state index contributed by atoms with van der Waals surface area (Å²) in [6, 6.07) is 4.65.